The van der Waals surface area contributed by atoms with Gasteiger partial charge in [-0.3, -0.25) is 0 Å². The summed E-state index contributed by atoms with van der Waals surface area (Å²) >= 11 is 0. The first-order valence-electron chi connectivity index (χ1n) is 38.1. The summed E-state index contributed by atoms with van der Waals surface area (Å²) in [6, 6.07) is 77.2. The van der Waals surface area contributed by atoms with Gasteiger partial charge in [-0.15, -0.1) is 9.20 Å². The van der Waals surface area contributed by atoms with Crippen LogP contribution in [-0.2, 0) is 42.3 Å². The van der Waals surface area contributed by atoms with Gasteiger partial charge in [0.2, 0.25) is 28.5 Å². The Bertz CT molecular complexity index is 6100. The number of aromatic nitrogens is 12. The second kappa shape index (κ2) is 32.1. The Morgan fingerprint density at radius 2 is 0.700 bits per heavy atom. The topological polar surface area (TPSA) is 49.7 Å². The first-order chi connectivity index (χ1) is 52.9. The number of nitrogens with zero attached hydrogens (tertiary/aromatic N) is 12. The first-order valence-corrected chi connectivity index (χ1v) is 38.1. The quantitative estimate of drug-likeness (QED) is 0.149. The van der Waals surface area contributed by atoms with E-state index in [-0.39, 0.29) is 0 Å². The number of fused-ring (bicyclic) bond motifs is 6. The summed E-state index contributed by atoms with van der Waals surface area (Å²) in [6.07, 6.45) is 21.0. The van der Waals surface area contributed by atoms with Gasteiger partial charge < -0.3 is 22.0 Å². The molecule has 0 bridgehead atoms. The molecule has 0 atom stereocenters. The molecule has 0 saturated heterocycles. The molecule has 0 amide bonds. The minimum atomic E-state index is 1.22. The van der Waals surface area contributed by atoms with E-state index in [1.165, 1.54) is 179 Å². The molecule has 0 unspecified atom stereocenters. The van der Waals surface area contributed by atoms with Crippen molar-refractivity contribution in [2.24, 2.45) is 42.3 Å². The fraction of sp³-hybridized carbons (Fsp3) is 0.204. The summed E-state index contributed by atoms with van der Waals surface area (Å²) in [5.74, 6) is 0. The van der Waals surface area contributed by atoms with Crippen molar-refractivity contribution in [1.29, 1.82) is 0 Å². The van der Waals surface area contributed by atoms with Gasteiger partial charge in [0.25, 0.3) is 0 Å². The van der Waals surface area contributed by atoms with Crippen LogP contribution in [-0.4, -0.2) is 26.5 Å². The number of hydrogen-bond acceptors (Lipinski definition) is 0. The maximum absolute atomic E-state index is 2.32. The highest BCUT2D eigenvalue weighted by Gasteiger charge is 2.25. The van der Waals surface area contributed by atoms with Gasteiger partial charge in [-0.25, -0.2) is 9.13 Å². The van der Waals surface area contributed by atoms with Crippen LogP contribution in [0.1, 0.15) is 78.4 Å². The van der Waals surface area contributed by atoms with Gasteiger partial charge in [0.05, 0.1) is 22.9 Å². The molecule has 0 radical (unpaired) electrons. The Labute approximate surface area is 649 Å². The lowest BCUT2D eigenvalue weighted by atomic mass is 9.97. The predicted octanol–water partition coefficient (Wildman–Crippen LogP) is 18.9. The van der Waals surface area contributed by atoms with Crippen molar-refractivity contribution in [2.45, 2.75) is 96.9 Å². The molecule has 0 spiro atoms. The predicted molar refractivity (Wildman–Crippen MR) is 450 cm³/mol. The first kappa shape index (κ1) is 75.7. The van der Waals surface area contributed by atoms with E-state index in [1.54, 1.807) is 0 Å². The minimum absolute atomic E-state index is 1.22. The largest absolute Gasteiger partial charge is 0.320 e. The summed E-state index contributed by atoms with van der Waals surface area (Å²) in [6.45, 7) is 30.5. The summed E-state index contributed by atoms with van der Waals surface area (Å²) in [5.41, 5.74) is 41.4. The lowest BCUT2D eigenvalue weighted by Gasteiger charge is -2.11. The molecule has 16 heterocycles. The van der Waals surface area contributed by atoms with Gasteiger partial charge in [0, 0.05) is 124 Å². The number of hydrogen-bond donors (Lipinski definition) is 0. The summed E-state index contributed by atoms with van der Waals surface area (Å²) in [4.78, 5) is 0. The monoisotopic (exact) mass is 1450 g/mol. The molecular weight excluding hydrogens is 1350 g/mol. The minimum Gasteiger partial charge on any atom is -0.320 e. The van der Waals surface area contributed by atoms with Crippen LogP contribution in [0, 0.1) is 96.9 Å². The molecule has 552 valence electrons. The highest BCUT2D eigenvalue weighted by atomic mass is 15.3. The Morgan fingerprint density at radius 3 is 1.16 bits per heavy atom. The van der Waals surface area contributed by atoms with Crippen LogP contribution < -0.4 is 27.5 Å². The van der Waals surface area contributed by atoms with E-state index in [1.807, 2.05) is 0 Å². The molecule has 110 heavy (non-hydrogen) atoms. The molecule has 2 aromatic carbocycles. The van der Waals surface area contributed by atoms with Gasteiger partial charge in [0.1, 0.15) is 63.4 Å². The summed E-state index contributed by atoms with van der Waals surface area (Å²) < 4.78 is 26.6. The van der Waals surface area contributed by atoms with Gasteiger partial charge in [-0.05, 0) is 263 Å². The molecule has 12 nitrogen and oxygen atoms in total. The van der Waals surface area contributed by atoms with E-state index in [2.05, 4.69) is 474 Å². The molecule has 12 heteroatoms. The van der Waals surface area contributed by atoms with Crippen molar-refractivity contribution < 1.29 is 27.5 Å². The lowest BCUT2D eigenvalue weighted by Crippen LogP contribution is -2.34. The Hall–Kier alpha value is -12.5. The third-order valence-electron chi connectivity index (χ3n) is 22.0. The van der Waals surface area contributed by atoms with Crippen LogP contribution in [0.5, 0.6) is 0 Å². The van der Waals surface area contributed by atoms with Gasteiger partial charge in [0.15, 0.2) is 44.2 Å². The molecule has 18 aromatic rings. The fourth-order valence-electron chi connectivity index (χ4n) is 16.2. The van der Waals surface area contributed by atoms with E-state index >= 15 is 0 Å². The molecule has 16 aromatic heterocycles. The van der Waals surface area contributed by atoms with Crippen molar-refractivity contribution in [1.82, 2.24) is 26.5 Å². The second-order valence-corrected chi connectivity index (χ2v) is 29.7. The van der Waals surface area contributed by atoms with Crippen molar-refractivity contribution >= 4 is 33.1 Å². The van der Waals surface area contributed by atoms with Crippen LogP contribution in [0.3, 0.4) is 0 Å². The van der Waals surface area contributed by atoms with Crippen LogP contribution in [0.2, 0.25) is 0 Å². The molecule has 0 aliphatic carbocycles. The van der Waals surface area contributed by atoms with Crippen molar-refractivity contribution in [3.8, 4) is 67.8 Å². The fourth-order valence-corrected chi connectivity index (χ4v) is 16.2. The smallest absolute Gasteiger partial charge is 0.236 e. The van der Waals surface area contributed by atoms with Gasteiger partial charge >= 0.3 is 0 Å². The summed E-state index contributed by atoms with van der Waals surface area (Å²) in [7, 11) is 12.6. The molecular formula is C98H106N12+6. The van der Waals surface area contributed by atoms with Crippen LogP contribution in [0.15, 0.2) is 280 Å². The van der Waals surface area contributed by atoms with Gasteiger partial charge in [-0.1, -0.05) is 53.6 Å². The maximum atomic E-state index is 2.32. The zero-order valence-electron chi connectivity index (χ0n) is 67.9. The van der Waals surface area contributed by atoms with Crippen molar-refractivity contribution in [2.75, 3.05) is 0 Å². The Kier molecular flexibility index (Phi) is 22.1. The number of aryl methyl sites for hydroxylation is 18. The third-order valence-corrected chi connectivity index (χ3v) is 22.0. The van der Waals surface area contributed by atoms with E-state index in [4.69, 9.17) is 0 Å². The molecule has 0 N–H and O–H groups in total. The zero-order chi connectivity index (χ0) is 77.9. The average molecular weight is 1450 g/mol. The van der Waals surface area contributed by atoms with E-state index in [0.29, 0.717) is 0 Å². The molecule has 0 aliphatic heterocycles. The Balaban J connectivity index is 0.000000116. The van der Waals surface area contributed by atoms with E-state index in [9.17, 15) is 0 Å². The summed E-state index contributed by atoms with van der Waals surface area (Å²) in [5, 5.41) is 0. The Morgan fingerprint density at radius 1 is 0.282 bits per heavy atom. The average Bonchev–Trinajstić information content (AvgIpc) is 1.65. The van der Waals surface area contributed by atoms with Crippen molar-refractivity contribution in [3.63, 3.8) is 0 Å². The molecule has 0 fully saturated rings. The second-order valence-electron chi connectivity index (χ2n) is 29.7. The van der Waals surface area contributed by atoms with E-state index in [0.717, 1.165) is 0 Å². The van der Waals surface area contributed by atoms with E-state index < -0.39 is 0 Å². The standard InChI is InChI=1S/2C17H19N2.4C16H17N2/c1-12-10-13(2)14(3)15(11-12)17-16-6-5-7-19(16)9-8-18(17)4;1-12-10-13(2)14(3)16(11-12)17-7-5-6-15-8-9-18(4)19(15)17;2*1-12-14-8-5-7-11-18(14)13(2)16(12)15-9-4-6-10-17(15)3;2*1-12-11-14-8-6-7-13(2)18(14)16(12)15-9-4-5-10-17(15)3/h2*5-11H,1-4H3;4*4-11H,1-3H3/q6*+1. The molecule has 0 aliphatic rings. The third kappa shape index (κ3) is 14.9. The number of rotatable bonds is 6. The highest BCUT2D eigenvalue weighted by molar-refractivity contribution is 5.80. The van der Waals surface area contributed by atoms with Crippen molar-refractivity contribution in [3.05, 3.63) is 359 Å². The SMILES string of the molecule is Cc1c(-c2cccc[n+]2C)c(C)n2ccccc12.Cc1c(-c2cccc[n+]2C)c(C)n2ccccc12.Cc1cc(C)c(C)c(-c2c3cccn3cc[n+]2C)c1.Cc1cc(C)c(C)c(-c2cccc3cc[n+](C)n23)c1.Cc1cc2cccc(C)n2c1-c1cccc[n+]1C.Cc1cc2cccc(C)n2c1-c1cccc[n+]1C. The number of pyridine rings is 9. The zero-order valence-corrected chi connectivity index (χ0v) is 67.9. The van der Waals surface area contributed by atoms with Crippen LogP contribution in [0.4, 0.5) is 0 Å². The number of benzene rings is 2. The molecule has 18 rings (SSSR count). The maximum Gasteiger partial charge on any atom is 0.236 e. The highest BCUT2D eigenvalue weighted by Crippen LogP contribution is 2.34. The van der Waals surface area contributed by atoms with Crippen LogP contribution in [0.25, 0.3) is 101 Å². The normalized spacial score (nSPS) is 11.1. The van der Waals surface area contributed by atoms with Gasteiger partial charge in [-0.2, -0.15) is 13.7 Å². The van der Waals surface area contributed by atoms with Crippen LogP contribution >= 0.6 is 0 Å². The molecule has 0 saturated carbocycles. The lowest BCUT2D eigenvalue weighted by molar-refractivity contribution is -0.736.